The molecule has 2 nitrogen and oxygen atoms in total. The van der Waals surface area contributed by atoms with E-state index in [1.807, 2.05) is 0 Å². The third-order valence-electron chi connectivity index (χ3n) is 2.86. The molecule has 0 aromatic rings. The Labute approximate surface area is 76.9 Å². The standard InChI is InChI=1S/C10H24N2/c1-4-7-12-9-10(5-2,6-3)8-11/h12H,4-9,11H2,1-3H3. The lowest BCUT2D eigenvalue weighted by molar-refractivity contribution is 0.260. The first-order valence-electron chi connectivity index (χ1n) is 5.15. The van der Waals surface area contributed by atoms with Gasteiger partial charge in [0.25, 0.3) is 0 Å². The van der Waals surface area contributed by atoms with Crippen LogP contribution < -0.4 is 11.1 Å². The highest BCUT2D eigenvalue weighted by Crippen LogP contribution is 2.23. The van der Waals surface area contributed by atoms with E-state index in [-0.39, 0.29) is 0 Å². The first-order chi connectivity index (χ1) is 5.74. The van der Waals surface area contributed by atoms with Crippen LogP contribution in [0.25, 0.3) is 0 Å². The zero-order valence-electron chi connectivity index (χ0n) is 8.82. The summed E-state index contributed by atoms with van der Waals surface area (Å²) in [6.07, 6.45) is 3.56. The Morgan fingerprint density at radius 1 is 1.17 bits per heavy atom. The van der Waals surface area contributed by atoms with Crippen molar-refractivity contribution < 1.29 is 0 Å². The molecule has 0 saturated carbocycles. The van der Waals surface area contributed by atoms with E-state index < -0.39 is 0 Å². The molecular formula is C10H24N2. The molecule has 3 N–H and O–H groups in total. The van der Waals surface area contributed by atoms with Crippen molar-refractivity contribution in [1.82, 2.24) is 5.32 Å². The van der Waals surface area contributed by atoms with Gasteiger partial charge >= 0.3 is 0 Å². The molecule has 0 bridgehead atoms. The highest BCUT2D eigenvalue weighted by Gasteiger charge is 2.23. The summed E-state index contributed by atoms with van der Waals surface area (Å²) < 4.78 is 0. The molecule has 0 spiro atoms. The maximum atomic E-state index is 5.77. The fourth-order valence-corrected chi connectivity index (χ4v) is 1.39. The van der Waals surface area contributed by atoms with Gasteiger partial charge in [-0.1, -0.05) is 20.8 Å². The highest BCUT2D eigenvalue weighted by molar-refractivity contribution is 4.79. The molecular weight excluding hydrogens is 148 g/mol. The SMILES string of the molecule is CCCNCC(CC)(CC)CN. The van der Waals surface area contributed by atoms with Crippen molar-refractivity contribution in [2.24, 2.45) is 11.1 Å². The van der Waals surface area contributed by atoms with Crippen LogP contribution in [-0.4, -0.2) is 19.6 Å². The normalized spacial score (nSPS) is 12.0. The maximum Gasteiger partial charge on any atom is 0.00197 e. The molecule has 0 aromatic heterocycles. The van der Waals surface area contributed by atoms with E-state index in [1.54, 1.807) is 0 Å². The fraction of sp³-hybridized carbons (Fsp3) is 1.00. The van der Waals surface area contributed by atoms with Crippen molar-refractivity contribution in [3.05, 3.63) is 0 Å². The van der Waals surface area contributed by atoms with E-state index in [1.165, 1.54) is 19.3 Å². The number of nitrogens with one attached hydrogen (secondary N) is 1. The maximum absolute atomic E-state index is 5.77. The van der Waals surface area contributed by atoms with E-state index in [9.17, 15) is 0 Å². The summed E-state index contributed by atoms with van der Waals surface area (Å²) in [7, 11) is 0. The van der Waals surface area contributed by atoms with Gasteiger partial charge in [0.05, 0.1) is 0 Å². The van der Waals surface area contributed by atoms with E-state index in [0.717, 1.165) is 19.6 Å². The highest BCUT2D eigenvalue weighted by atomic mass is 14.9. The van der Waals surface area contributed by atoms with Crippen molar-refractivity contribution in [2.75, 3.05) is 19.6 Å². The fourth-order valence-electron chi connectivity index (χ4n) is 1.39. The molecule has 0 saturated heterocycles. The number of nitrogens with two attached hydrogens (primary N) is 1. The predicted molar refractivity (Wildman–Crippen MR) is 55.2 cm³/mol. The molecule has 0 aromatic carbocycles. The Morgan fingerprint density at radius 3 is 2.08 bits per heavy atom. The summed E-state index contributed by atoms with van der Waals surface area (Å²) in [5, 5.41) is 3.45. The minimum atomic E-state index is 0.342. The lowest BCUT2D eigenvalue weighted by Crippen LogP contribution is -2.39. The van der Waals surface area contributed by atoms with Crippen LogP contribution in [-0.2, 0) is 0 Å². The van der Waals surface area contributed by atoms with Gasteiger partial charge in [0, 0.05) is 6.54 Å². The van der Waals surface area contributed by atoms with Gasteiger partial charge in [0.2, 0.25) is 0 Å². The molecule has 0 unspecified atom stereocenters. The van der Waals surface area contributed by atoms with Gasteiger partial charge in [-0.2, -0.15) is 0 Å². The second-order valence-electron chi connectivity index (χ2n) is 3.59. The Balaban J connectivity index is 3.76. The van der Waals surface area contributed by atoms with E-state index in [4.69, 9.17) is 5.73 Å². The van der Waals surface area contributed by atoms with Crippen molar-refractivity contribution >= 4 is 0 Å². The molecule has 12 heavy (non-hydrogen) atoms. The van der Waals surface area contributed by atoms with Gasteiger partial charge in [-0.05, 0) is 37.8 Å². The third-order valence-corrected chi connectivity index (χ3v) is 2.86. The second kappa shape index (κ2) is 6.44. The molecule has 0 fully saturated rings. The minimum absolute atomic E-state index is 0.342. The number of hydrogen-bond donors (Lipinski definition) is 2. The van der Waals surface area contributed by atoms with Crippen LogP contribution in [0.3, 0.4) is 0 Å². The summed E-state index contributed by atoms with van der Waals surface area (Å²) in [6.45, 7) is 9.63. The summed E-state index contributed by atoms with van der Waals surface area (Å²) in [4.78, 5) is 0. The summed E-state index contributed by atoms with van der Waals surface area (Å²) >= 11 is 0. The first-order valence-corrected chi connectivity index (χ1v) is 5.15. The Morgan fingerprint density at radius 2 is 1.75 bits per heavy atom. The molecule has 0 atom stereocenters. The van der Waals surface area contributed by atoms with Crippen molar-refractivity contribution in [3.63, 3.8) is 0 Å². The summed E-state index contributed by atoms with van der Waals surface area (Å²) in [5.41, 5.74) is 6.11. The lowest BCUT2D eigenvalue weighted by Gasteiger charge is -2.30. The van der Waals surface area contributed by atoms with Gasteiger partial charge in [-0.25, -0.2) is 0 Å². The van der Waals surface area contributed by atoms with Crippen LogP contribution in [0, 0.1) is 5.41 Å². The number of rotatable bonds is 7. The Hall–Kier alpha value is -0.0800. The zero-order valence-corrected chi connectivity index (χ0v) is 8.82. The smallest absolute Gasteiger partial charge is 0.00197 e. The number of hydrogen-bond acceptors (Lipinski definition) is 2. The van der Waals surface area contributed by atoms with E-state index in [0.29, 0.717) is 5.41 Å². The molecule has 0 aliphatic rings. The predicted octanol–water partition coefficient (Wildman–Crippen LogP) is 1.75. The molecule has 0 radical (unpaired) electrons. The van der Waals surface area contributed by atoms with Crippen LogP contribution >= 0.6 is 0 Å². The van der Waals surface area contributed by atoms with Crippen molar-refractivity contribution in [1.29, 1.82) is 0 Å². The zero-order chi connectivity index (χ0) is 9.45. The molecule has 0 aliphatic heterocycles. The molecule has 2 heteroatoms. The van der Waals surface area contributed by atoms with Gasteiger partial charge < -0.3 is 11.1 Å². The summed E-state index contributed by atoms with van der Waals surface area (Å²) in [5.74, 6) is 0. The van der Waals surface area contributed by atoms with Crippen LogP contribution in [0.5, 0.6) is 0 Å². The van der Waals surface area contributed by atoms with Crippen LogP contribution in [0.1, 0.15) is 40.0 Å². The Bertz CT molecular complexity index is 89.7. The van der Waals surface area contributed by atoms with Crippen LogP contribution in [0.2, 0.25) is 0 Å². The molecule has 0 aliphatic carbocycles. The van der Waals surface area contributed by atoms with Crippen molar-refractivity contribution in [2.45, 2.75) is 40.0 Å². The minimum Gasteiger partial charge on any atom is -0.330 e. The van der Waals surface area contributed by atoms with Gasteiger partial charge in [-0.3, -0.25) is 0 Å². The van der Waals surface area contributed by atoms with Gasteiger partial charge in [-0.15, -0.1) is 0 Å². The lowest BCUT2D eigenvalue weighted by atomic mass is 9.82. The average molecular weight is 172 g/mol. The second-order valence-corrected chi connectivity index (χ2v) is 3.59. The third kappa shape index (κ3) is 3.55. The molecule has 0 amide bonds. The van der Waals surface area contributed by atoms with Crippen LogP contribution in [0.4, 0.5) is 0 Å². The summed E-state index contributed by atoms with van der Waals surface area (Å²) in [6, 6.07) is 0. The molecule has 74 valence electrons. The van der Waals surface area contributed by atoms with E-state index >= 15 is 0 Å². The van der Waals surface area contributed by atoms with Gasteiger partial charge in [0.1, 0.15) is 0 Å². The van der Waals surface area contributed by atoms with Crippen LogP contribution in [0.15, 0.2) is 0 Å². The monoisotopic (exact) mass is 172 g/mol. The topological polar surface area (TPSA) is 38.0 Å². The molecule has 0 heterocycles. The quantitative estimate of drug-likeness (QED) is 0.574. The largest absolute Gasteiger partial charge is 0.330 e. The van der Waals surface area contributed by atoms with Crippen molar-refractivity contribution in [3.8, 4) is 0 Å². The average Bonchev–Trinajstić information content (AvgIpc) is 2.14. The Kier molecular flexibility index (Phi) is 6.39. The van der Waals surface area contributed by atoms with E-state index in [2.05, 4.69) is 26.1 Å². The first kappa shape index (κ1) is 11.9. The molecule has 0 rings (SSSR count). The van der Waals surface area contributed by atoms with Gasteiger partial charge in [0.15, 0.2) is 0 Å².